The number of benzene rings is 1. The second-order valence-corrected chi connectivity index (χ2v) is 10.5. The third kappa shape index (κ3) is 5.28. The zero-order valence-electron chi connectivity index (χ0n) is 19.0. The van der Waals surface area contributed by atoms with E-state index in [4.69, 9.17) is 0 Å². The molecule has 0 bridgehead atoms. The third-order valence-corrected chi connectivity index (χ3v) is 7.50. The number of hydrogen-bond donors (Lipinski definition) is 2. The second kappa shape index (κ2) is 10.2. The summed E-state index contributed by atoms with van der Waals surface area (Å²) in [4.78, 5) is 22.9. The van der Waals surface area contributed by atoms with Crippen molar-refractivity contribution in [3.8, 4) is 0 Å². The highest BCUT2D eigenvalue weighted by atomic mass is 32.2. The molecule has 0 amide bonds. The molecule has 2 N–H and O–H groups in total. The molecule has 1 aliphatic rings. The van der Waals surface area contributed by atoms with Crippen molar-refractivity contribution in [2.45, 2.75) is 39.0 Å². The Labute approximate surface area is 197 Å². The van der Waals surface area contributed by atoms with Crippen LogP contribution in [0.15, 0.2) is 30.6 Å². The number of aromatic nitrogens is 2. The van der Waals surface area contributed by atoms with Gasteiger partial charge in [0.25, 0.3) is 0 Å². The summed E-state index contributed by atoms with van der Waals surface area (Å²) in [5.41, 5.74) is 0.181. The Bertz CT molecular complexity index is 1300. The molecule has 3 aromatic rings. The van der Waals surface area contributed by atoms with Gasteiger partial charge in [-0.2, -0.15) is 0 Å². The molecule has 0 radical (unpaired) electrons. The Balaban J connectivity index is 1.60. The number of pyridine rings is 1. The topological polar surface area (TPSA) is 95.2 Å². The van der Waals surface area contributed by atoms with E-state index in [9.17, 15) is 17.6 Å². The molecule has 1 aliphatic heterocycles. The number of nitrogens with zero attached hydrogens (tertiary/aromatic N) is 2. The second-order valence-electron chi connectivity index (χ2n) is 8.63. The first kappa shape index (κ1) is 24.3. The fourth-order valence-corrected chi connectivity index (χ4v) is 5.48. The molecule has 7 nitrogen and oxygen atoms in total. The number of carbonyl (C=O) groups excluding carboxylic acids is 1. The van der Waals surface area contributed by atoms with Crippen molar-refractivity contribution in [2.24, 2.45) is 0 Å². The first-order valence-corrected chi connectivity index (χ1v) is 13.2. The number of nitrogens with one attached hydrogen (secondary N) is 2. The number of carbonyl (C=O) groups is 1. The third-order valence-electron chi connectivity index (χ3n) is 6.03. The van der Waals surface area contributed by atoms with Crippen molar-refractivity contribution in [1.29, 1.82) is 0 Å². The Morgan fingerprint density at radius 2 is 2.00 bits per heavy atom. The van der Waals surface area contributed by atoms with Crippen molar-refractivity contribution in [3.63, 3.8) is 0 Å². The number of ketones is 1. The molecule has 0 saturated carbocycles. The largest absolute Gasteiger partial charge is 0.345 e. The van der Waals surface area contributed by atoms with Gasteiger partial charge in [0, 0.05) is 23.3 Å². The number of fused-ring (bicyclic) bond motifs is 1. The number of aryl methyl sites for hydroxylation is 1. The van der Waals surface area contributed by atoms with Gasteiger partial charge in [0.1, 0.15) is 11.5 Å². The molecule has 1 fully saturated rings. The summed E-state index contributed by atoms with van der Waals surface area (Å²) in [5.74, 6) is -3.41. The van der Waals surface area contributed by atoms with E-state index in [2.05, 4.69) is 19.6 Å². The minimum Gasteiger partial charge on any atom is -0.345 e. The summed E-state index contributed by atoms with van der Waals surface area (Å²) in [7, 11) is -3.82. The lowest BCUT2D eigenvalue weighted by atomic mass is 10.0. The molecule has 0 aliphatic carbocycles. The molecule has 1 saturated heterocycles. The highest BCUT2D eigenvalue weighted by Crippen LogP contribution is 2.28. The van der Waals surface area contributed by atoms with Crippen molar-refractivity contribution >= 4 is 32.5 Å². The molecule has 0 unspecified atom stereocenters. The van der Waals surface area contributed by atoms with Crippen LogP contribution in [-0.2, 0) is 16.4 Å². The highest BCUT2D eigenvalue weighted by molar-refractivity contribution is 7.92. The van der Waals surface area contributed by atoms with Crippen molar-refractivity contribution < 1.29 is 22.0 Å². The van der Waals surface area contributed by atoms with E-state index >= 15 is 4.39 Å². The Kier molecular flexibility index (Phi) is 7.27. The molecule has 2 aromatic heterocycles. The number of halogens is 2. The lowest BCUT2D eigenvalue weighted by Crippen LogP contribution is -2.20. The summed E-state index contributed by atoms with van der Waals surface area (Å²) in [6, 6.07) is 3.68. The van der Waals surface area contributed by atoms with Gasteiger partial charge >= 0.3 is 0 Å². The Morgan fingerprint density at radius 3 is 2.74 bits per heavy atom. The summed E-state index contributed by atoms with van der Waals surface area (Å²) in [5, 5.41) is 0.472. The summed E-state index contributed by atoms with van der Waals surface area (Å²) < 4.78 is 55.9. The number of rotatable bonds is 10. The van der Waals surface area contributed by atoms with Crippen LogP contribution in [0.25, 0.3) is 11.0 Å². The van der Waals surface area contributed by atoms with Crippen LogP contribution in [0, 0.1) is 11.6 Å². The lowest BCUT2D eigenvalue weighted by molar-refractivity contribution is 0.103. The number of H-pyrrole nitrogens is 1. The van der Waals surface area contributed by atoms with Crippen molar-refractivity contribution in [1.82, 2.24) is 14.9 Å². The lowest BCUT2D eigenvalue weighted by Gasteiger charge is -2.13. The number of likely N-dealkylation sites (tertiary alicyclic amines) is 1. The zero-order valence-corrected chi connectivity index (χ0v) is 19.9. The van der Waals surface area contributed by atoms with E-state index in [0.29, 0.717) is 17.5 Å². The molecule has 182 valence electrons. The smallest absolute Gasteiger partial charge is 0.232 e. The quantitative estimate of drug-likeness (QED) is 0.414. The maximum atomic E-state index is 15.1. The van der Waals surface area contributed by atoms with Crippen LogP contribution in [0.2, 0.25) is 0 Å². The summed E-state index contributed by atoms with van der Waals surface area (Å²) in [6.45, 7) is 4.91. The fourth-order valence-electron chi connectivity index (χ4n) is 4.35. The molecule has 0 atom stereocenters. The van der Waals surface area contributed by atoms with Gasteiger partial charge < -0.3 is 9.88 Å². The van der Waals surface area contributed by atoms with Gasteiger partial charge in [0.15, 0.2) is 5.82 Å². The standard InChI is InChI=1S/C24H28F2N4O3S/c1-2-12-34(32,33)29-20-8-7-19(25)21(22(20)26)23(31)18-15-28-24-17(18)13-16(14-27-24)6-5-11-30-9-3-4-10-30/h7-8,13-15,29H,2-6,9-12H2,1H3,(H,27,28). The van der Waals surface area contributed by atoms with E-state index in [-0.39, 0.29) is 11.3 Å². The van der Waals surface area contributed by atoms with E-state index in [1.807, 2.05) is 6.07 Å². The average molecular weight is 491 g/mol. The predicted octanol–water partition coefficient (Wildman–Crippen LogP) is 4.25. The number of hydrogen-bond acceptors (Lipinski definition) is 5. The maximum absolute atomic E-state index is 15.1. The molecule has 3 heterocycles. The van der Waals surface area contributed by atoms with Gasteiger partial charge in [-0.1, -0.05) is 6.92 Å². The minimum absolute atomic E-state index is 0.0789. The van der Waals surface area contributed by atoms with Crippen LogP contribution in [-0.4, -0.2) is 54.5 Å². The van der Waals surface area contributed by atoms with E-state index in [1.165, 1.54) is 19.0 Å². The normalized spacial score (nSPS) is 14.7. The van der Waals surface area contributed by atoms with Crippen molar-refractivity contribution in [3.05, 3.63) is 58.9 Å². The number of aromatic amines is 1. The molecule has 34 heavy (non-hydrogen) atoms. The predicted molar refractivity (Wildman–Crippen MR) is 128 cm³/mol. The van der Waals surface area contributed by atoms with E-state index in [1.54, 1.807) is 13.1 Å². The van der Waals surface area contributed by atoms with Crippen LogP contribution in [0.4, 0.5) is 14.5 Å². The Morgan fingerprint density at radius 1 is 1.24 bits per heavy atom. The molecule has 10 heteroatoms. The summed E-state index contributed by atoms with van der Waals surface area (Å²) >= 11 is 0. The van der Waals surface area contributed by atoms with Crippen molar-refractivity contribution in [2.75, 3.05) is 30.1 Å². The van der Waals surface area contributed by atoms with Crippen LogP contribution in [0.5, 0.6) is 0 Å². The minimum atomic E-state index is -3.82. The van der Waals surface area contributed by atoms with Gasteiger partial charge in [0.05, 0.1) is 17.0 Å². The number of anilines is 1. The van der Waals surface area contributed by atoms with Gasteiger partial charge in [-0.05, 0) is 75.5 Å². The van der Waals surface area contributed by atoms with Gasteiger partial charge in [-0.15, -0.1) is 0 Å². The highest BCUT2D eigenvalue weighted by Gasteiger charge is 2.26. The van der Waals surface area contributed by atoms with Gasteiger partial charge in [-0.25, -0.2) is 22.2 Å². The first-order valence-electron chi connectivity index (χ1n) is 11.5. The maximum Gasteiger partial charge on any atom is 0.232 e. The van der Waals surface area contributed by atoms with Crippen LogP contribution >= 0.6 is 0 Å². The van der Waals surface area contributed by atoms with E-state index in [0.717, 1.165) is 50.2 Å². The Hall–Kier alpha value is -2.85. The molecular formula is C24H28F2N4O3S. The van der Waals surface area contributed by atoms with Crippen LogP contribution in [0.3, 0.4) is 0 Å². The van der Waals surface area contributed by atoms with Gasteiger partial charge in [-0.3, -0.25) is 9.52 Å². The average Bonchev–Trinajstić information content (AvgIpc) is 3.45. The fraction of sp³-hybridized carbons (Fsp3) is 0.417. The molecule has 0 spiro atoms. The van der Waals surface area contributed by atoms with Crippen LogP contribution < -0.4 is 4.72 Å². The summed E-state index contributed by atoms with van der Waals surface area (Å²) in [6.07, 6.45) is 7.63. The number of sulfonamides is 1. The zero-order chi connectivity index (χ0) is 24.3. The van der Waals surface area contributed by atoms with Crippen LogP contribution in [0.1, 0.15) is 54.1 Å². The molecular weight excluding hydrogens is 462 g/mol. The first-order chi connectivity index (χ1) is 16.3. The monoisotopic (exact) mass is 490 g/mol. The molecule has 1 aromatic carbocycles. The van der Waals surface area contributed by atoms with E-state index < -0.39 is 38.7 Å². The SMILES string of the molecule is CCCS(=O)(=O)Nc1ccc(F)c(C(=O)c2c[nH]c3ncc(CCCN4CCCC4)cc23)c1F. The molecule has 4 rings (SSSR count). The van der Waals surface area contributed by atoms with Gasteiger partial charge in [0.2, 0.25) is 15.8 Å².